The third kappa shape index (κ3) is 2.30. The molecular formula is C14H18FNS. The Morgan fingerprint density at radius 3 is 2.82 bits per heavy atom. The molecule has 0 radical (unpaired) electrons. The second kappa shape index (κ2) is 4.52. The third-order valence-corrected chi connectivity index (χ3v) is 5.45. The number of halogens is 1. The van der Waals surface area contributed by atoms with Crippen molar-refractivity contribution in [3.05, 3.63) is 24.0 Å². The van der Waals surface area contributed by atoms with Crippen LogP contribution in [0.5, 0.6) is 0 Å². The smallest absolute Gasteiger partial charge is 0.124 e. The number of thioether (sulfide) groups is 1. The quantitative estimate of drug-likeness (QED) is 0.738. The van der Waals surface area contributed by atoms with Gasteiger partial charge in [0.1, 0.15) is 5.82 Å². The van der Waals surface area contributed by atoms with Gasteiger partial charge in [-0.2, -0.15) is 0 Å². The van der Waals surface area contributed by atoms with Crippen LogP contribution in [0.15, 0.2) is 23.1 Å². The molecule has 17 heavy (non-hydrogen) atoms. The lowest BCUT2D eigenvalue weighted by Gasteiger charge is -2.35. The minimum Gasteiger partial charge on any atom is -0.384 e. The van der Waals surface area contributed by atoms with Gasteiger partial charge >= 0.3 is 0 Å². The van der Waals surface area contributed by atoms with Gasteiger partial charge in [0, 0.05) is 22.9 Å². The van der Waals surface area contributed by atoms with Gasteiger partial charge in [0.2, 0.25) is 0 Å². The number of anilines is 1. The van der Waals surface area contributed by atoms with Crippen LogP contribution in [0, 0.1) is 11.2 Å². The Balaban J connectivity index is 1.82. The summed E-state index contributed by atoms with van der Waals surface area (Å²) >= 11 is 1.83. The van der Waals surface area contributed by atoms with Crippen molar-refractivity contribution in [1.29, 1.82) is 0 Å². The first-order valence-corrected chi connectivity index (χ1v) is 7.42. The molecular weight excluding hydrogens is 233 g/mol. The van der Waals surface area contributed by atoms with Gasteiger partial charge in [-0.05, 0) is 36.5 Å². The van der Waals surface area contributed by atoms with Gasteiger partial charge in [0.05, 0.1) is 0 Å². The molecule has 1 spiro atoms. The Labute approximate surface area is 106 Å². The fourth-order valence-electron chi connectivity index (χ4n) is 2.95. The number of hydrogen-bond donors (Lipinski definition) is 1. The molecule has 1 aromatic carbocycles. The largest absolute Gasteiger partial charge is 0.384 e. The van der Waals surface area contributed by atoms with Crippen LogP contribution in [-0.4, -0.2) is 12.3 Å². The molecule has 3 rings (SSSR count). The first-order valence-electron chi connectivity index (χ1n) is 6.44. The van der Waals surface area contributed by atoms with Crippen molar-refractivity contribution in [2.45, 2.75) is 37.0 Å². The van der Waals surface area contributed by atoms with Gasteiger partial charge in [-0.15, -0.1) is 11.8 Å². The van der Waals surface area contributed by atoms with E-state index in [1.54, 1.807) is 12.1 Å². The molecule has 3 heteroatoms. The van der Waals surface area contributed by atoms with E-state index in [0.29, 0.717) is 5.41 Å². The second-order valence-corrected chi connectivity index (χ2v) is 6.36. The summed E-state index contributed by atoms with van der Waals surface area (Å²) in [7, 11) is 0. The number of rotatable bonds is 0. The van der Waals surface area contributed by atoms with Crippen LogP contribution in [-0.2, 0) is 0 Å². The van der Waals surface area contributed by atoms with Crippen molar-refractivity contribution in [2.24, 2.45) is 5.41 Å². The van der Waals surface area contributed by atoms with Crippen molar-refractivity contribution < 1.29 is 4.39 Å². The molecule has 1 aliphatic carbocycles. The molecule has 0 saturated heterocycles. The minimum atomic E-state index is -0.127. The monoisotopic (exact) mass is 251 g/mol. The average molecular weight is 251 g/mol. The predicted octanol–water partition coefficient (Wildman–Crippen LogP) is 4.29. The SMILES string of the molecule is Fc1ccc2c(c1)SCC1(CCCCC1)CN2. The molecule has 0 unspecified atom stereocenters. The van der Waals surface area contributed by atoms with E-state index >= 15 is 0 Å². The number of nitrogens with one attached hydrogen (secondary N) is 1. The number of hydrogen-bond acceptors (Lipinski definition) is 2. The maximum absolute atomic E-state index is 13.2. The van der Waals surface area contributed by atoms with Gasteiger partial charge in [0.15, 0.2) is 0 Å². The molecule has 1 nitrogen and oxygen atoms in total. The zero-order chi connectivity index (χ0) is 11.7. The zero-order valence-corrected chi connectivity index (χ0v) is 10.8. The zero-order valence-electron chi connectivity index (χ0n) is 9.97. The molecule has 0 bridgehead atoms. The molecule has 1 fully saturated rings. The Bertz CT molecular complexity index is 413. The molecule has 1 aromatic rings. The van der Waals surface area contributed by atoms with E-state index in [-0.39, 0.29) is 5.82 Å². The fourth-order valence-corrected chi connectivity index (χ4v) is 4.29. The lowest BCUT2D eigenvalue weighted by molar-refractivity contribution is 0.241. The van der Waals surface area contributed by atoms with Gasteiger partial charge in [0.25, 0.3) is 0 Å². The van der Waals surface area contributed by atoms with Crippen LogP contribution in [0.25, 0.3) is 0 Å². The normalized spacial score (nSPS) is 22.6. The van der Waals surface area contributed by atoms with Gasteiger partial charge in [-0.3, -0.25) is 0 Å². The number of fused-ring (bicyclic) bond motifs is 1. The molecule has 1 N–H and O–H groups in total. The van der Waals surface area contributed by atoms with Crippen molar-refractivity contribution in [2.75, 3.05) is 17.6 Å². The van der Waals surface area contributed by atoms with Crippen LogP contribution < -0.4 is 5.32 Å². The molecule has 1 saturated carbocycles. The highest BCUT2D eigenvalue weighted by molar-refractivity contribution is 7.99. The molecule has 0 atom stereocenters. The van der Waals surface area contributed by atoms with Crippen molar-refractivity contribution in [3.8, 4) is 0 Å². The van der Waals surface area contributed by atoms with Crippen LogP contribution in [0.2, 0.25) is 0 Å². The summed E-state index contributed by atoms with van der Waals surface area (Å²) in [4.78, 5) is 1.08. The topological polar surface area (TPSA) is 12.0 Å². The van der Waals surface area contributed by atoms with Gasteiger partial charge < -0.3 is 5.32 Å². The minimum absolute atomic E-state index is 0.127. The van der Waals surface area contributed by atoms with Gasteiger partial charge in [-0.25, -0.2) is 4.39 Å². The van der Waals surface area contributed by atoms with Crippen molar-refractivity contribution >= 4 is 17.4 Å². The summed E-state index contributed by atoms with van der Waals surface area (Å²) < 4.78 is 13.2. The predicted molar refractivity (Wildman–Crippen MR) is 71.1 cm³/mol. The molecule has 2 aliphatic rings. The third-order valence-electron chi connectivity index (χ3n) is 4.05. The fraction of sp³-hybridized carbons (Fsp3) is 0.571. The van der Waals surface area contributed by atoms with Crippen LogP contribution >= 0.6 is 11.8 Å². The van der Waals surface area contributed by atoms with Crippen LogP contribution in [0.1, 0.15) is 32.1 Å². The maximum Gasteiger partial charge on any atom is 0.124 e. The Morgan fingerprint density at radius 2 is 2.00 bits per heavy atom. The van der Waals surface area contributed by atoms with E-state index in [4.69, 9.17) is 0 Å². The van der Waals surface area contributed by atoms with Crippen LogP contribution in [0.3, 0.4) is 0 Å². The van der Waals surface area contributed by atoms with Crippen LogP contribution in [0.4, 0.5) is 10.1 Å². The standard InChI is InChI=1S/C14H18FNS/c15-11-4-5-12-13(8-11)17-10-14(9-16-12)6-2-1-3-7-14/h4-5,8,16H,1-3,6-7,9-10H2. The summed E-state index contributed by atoms with van der Waals surface area (Å²) in [6.07, 6.45) is 6.74. The van der Waals surface area contributed by atoms with Crippen molar-refractivity contribution in [3.63, 3.8) is 0 Å². The molecule has 0 aromatic heterocycles. The van der Waals surface area contributed by atoms with Crippen molar-refractivity contribution in [1.82, 2.24) is 0 Å². The summed E-state index contributed by atoms with van der Waals surface area (Å²) in [5.74, 6) is 1.01. The Morgan fingerprint density at radius 1 is 1.18 bits per heavy atom. The molecule has 0 amide bonds. The molecule has 1 heterocycles. The summed E-state index contributed by atoms with van der Waals surface area (Å²) in [6, 6.07) is 5.08. The van der Waals surface area contributed by atoms with E-state index in [1.807, 2.05) is 17.8 Å². The highest BCUT2D eigenvalue weighted by Crippen LogP contribution is 2.44. The highest BCUT2D eigenvalue weighted by atomic mass is 32.2. The van der Waals surface area contributed by atoms with E-state index in [2.05, 4.69) is 5.32 Å². The van der Waals surface area contributed by atoms with E-state index < -0.39 is 0 Å². The summed E-state index contributed by atoms with van der Waals surface area (Å²) in [5.41, 5.74) is 1.55. The maximum atomic E-state index is 13.2. The Kier molecular flexibility index (Phi) is 3.03. The first-order chi connectivity index (χ1) is 8.27. The number of benzene rings is 1. The first kappa shape index (κ1) is 11.4. The van der Waals surface area contributed by atoms with E-state index in [1.165, 1.54) is 32.1 Å². The highest BCUT2D eigenvalue weighted by Gasteiger charge is 2.34. The average Bonchev–Trinajstić information content (AvgIpc) is 2.52. The van der Waals surface area contributed by atoms with E-state index in [0.717, 1.165) is 22.9 Å². The second-order valence-electron chi connectivity index (χ2n) is 5.34. The summed E-state index contributed by atoms with van der Waals surface area (Å²) in [6.45, 7) is 1.05. The van der Waals surface area contributed by atoms with E-state index in [9.17, 15) is 4.39 Å². The summed E-state index contributed by atoms with van der Waals surface area (Å²) in [5, 5.41) is 3.53. The molecule has 92 valence electrons. The lowest BCUT2D eigenvalue weighted by atomic mass is 9.75. The Hall–Kier alpha value is -0.700. The molecule has 1 aliphatic heterocycles. The van der Waals surface area contributed by atoms with Gasteiger partial charge in [-0.1, -0.05) is 19.3 Å². The lowest BCUT2D eigenvalue weighted by Crippen LogP contribution is -2.33.